The van der Waals surface area contributed by atoms with Crippen molar-refractivity contribution in [1.29, 1.82) is 0 Å². The molecule has 0 aliphatic heterocycles. The Morgan fingerprint density at radius 1 is 1.41 bits per heavy atom. The highest BCUT2D eigenvalue weighted by atomic mass is 35.5. The minimum Gasteiger partial charge on any atom is -0.381 e. The van der Waals surface area contributed by atoms with Crippen molar-refractivity contribution in [3.8, 4) is 0 Å². The number of aryl methyl sites for hydroxylation is 1. The second-order valence-corrected chi connectivity index (χ2v) is 5.25. The maximum absolute atomic E-state index is 6.21. The van der Waals surface area contributed by atoms with Crippen LogP contribution in [0, 0.1) is 6.92 Å². The molecule has 2 atom stereocenters. The van der Waals surface area contributed by atoms with Crippen molar-refractivity contribution < 1.29 is 4.74 Å². The molecule has 2 rings (SSSR count). The summed E-state index contributed by atoms with van der Waals surface area (Å²) in [7, 11) is 1.80. The molecule has 0 radical (unpaired) electrons. The molecule has 0 heterocycles. The van der Waals surface area contributed by atoms with Crippen LogP contribution in [0.4, 0.5) is 0 Å². The fraction of sp³-hybridized carbons (Fsp3) is 0.571. The smallest absolute Gasteiger partial charge is 0.0586 e. The van der Waals surface area contributed by atoms with Gasteiger partial charge in [0, 0.05) is 24.7 Å². The Morgan fingerprint density at radius 2 is 2.24 bits per heavy atom. The molecule has 2 unspecified atom stereocenters. The zero-order valence-electron chi connectivity index (χ0n) is 10.5. The Labute approximate surface area is 108 Å². The predicted molar refractivity (Wildman–Crippen MR) is 71.5 cm³/mol. The minimum atomic E-state index is 0.431. The van der Waals surface area contributed by atoms with E-state index in [1.807, 2.05) is 6.07 Å². The van der Waals surface area contributed by atoms with Crippen LogP contribution in [-0.2, 0) is 11.3 Å². The molecule has 1 aliphatic rings. The number of benzene rings is 1. The average molecular weight is 254 g/mol. The molecule has 17 heavy (non-hydrogen) atoms. The van der Waals surface area contributed by atoms with E-state index >= 15 is 0 Å². The number of halogens is 1. The zero-order valence-corrected chi connectivity index (χ0v) is 11.3. The average Bonchev–Trinajstić information content (AvgIpc) is 2.76. The summed E-state index contributed by atoms with van der Waals surface area (Å²) in [5, 5.41) is 4.42. The largest absolute Gasteiger partial charge is 0.381 e. The molecule has 0 bridgehead atoms. The molecular formula is C14H20ClNO. The van der Waals surface area contributed by atoms with Gasteiger partial charge in [0.2, 0.25) is 0 Å². The van der Waals surface area contributed by atoms with E-state index in [0.717, 1.165) is 24.4 Å². The van der Waals surface area contributed by atoms with Gasteiger partial charge in [-0.2, -0.15) is 0 Å². The van der Waals surface area contributed by atoms with Gasteiger partial charge in [-0.15, -0.1) is 0 Å². The van der Waals surface area contributed by atoms with Gasteiger partial charge in [-0.25, -0.2) is 0 Å². The molecule has 1 aromatic carbocycles. The van der Waals surface area contributed by atoms with Crippen LogP contribution in [0.3, 0.4) is 0 Å². The fourth-order valence-corrected chi connectivity index (χ4v) is 2.69. The number of nitrogens with one attached hydrogen (secondary N) is 1. The van der Waals surface area contributed by atoms with Crippen molar-refractivity contribution in [1.82, 2.24) is 5.32 Å². The van der Waals surface area contributed by atoms with Gasteiger partial charge < -0.3 is 10.1 Å². The summed E-state index contributed by atoms with van der Waals surface area (Å²) in [6.07, 6.45) is 3.90. The summed E-state index contributed by atoms with van der Waals surface area (Å²) in [5.41, 5.74) is 2.39. The Bertz CT molecular complexity index is 380. The predicted octanol–water partition coefficient (Wildman–Crippen LogP) is 3.31. The second kappa shape index (κ2) is 5.85. The second-order valence-electron chi connectivity index (χ2n) is 4.84. The van der Waals surface area contributed by atoms with Gasteiger partial charge in [-0.3, -0.25) is 0 Å². The maximum atomic E-state index is 6.21. The van der Waals surface area contributed by atoms with Crippen molar-refractivity contribution in [2.45, 2.75) is 44.9 Å². The lowest BCUT2D eigenvalue weighted by molar-refractivity contribution is 0.107. The first-order chi connectivity index (χ1) is 8.19. The van der Waals surface area contributed by atoms with Crippen LogP contribution in [0.2, 0.25) is 5.02 Å². The number of methoxy groups -OCH3 is 1. The Balaban J connectivity index is 1.86. The van der Waals surface area contributed by atoms with Crippen molar-refractivity contribution in [3.05, 3.63) is 34.3 Å². The first-order valence-electron chi connectivity index (χ1n) is 6.20. The number of ether oxygens (including phenoxy) is 1. The topological polar surface area (TPSA) is 21.3 Å². The number of rotatable bonds is 4. The summed E-state index contributed by atoms with van der Waals surface area (Å²) in [6.45, 7) is 2.91. The molecule has 0 amide bonds. The van der Waals surface area contributed by atoms with Crippen molar-refractivity contribution in [3.63, 3.8) is 0 Å². The summed E-state index contributed by atoms with van der Waals surface area (Å²) in [6, 6.07) is 6.80. The standard InChI is InChI=1S/C14H20ClNO/c1-10-3-4-11(14(15)7-10)9-16-12-5-6-13(8-12)17-2/h3-4,7,12-13,16H,5-6,8-9H2,1-2H3. The van der Waals surface area contributed by atoms with E-state index in [4.69, 9.17) is 16.3 Å². The van der Waals surface area contributed by atoms with E-state index in [9.17, 15) is 0 Å². The lowest BCUT2D eigenvalue weighted by Crippen LogP contribution is -2.26. The first kappa shape index (κ1) is 12.9. The summed E-state index contributed by atoms with van der Waals surface area (Å²) in [4.78, 5) is 0. The molecule has 1 aliphatic carbocycles. The molecule has 0 spiro atoms. The van der Waals surface area contributed by atoms with E-state index in [1.54, 1.807) is 7.11 Å². The molecule has 2 nitrogen and oxygen atoms in total. The van der Waals surface area contributed by atoms with E-state index in [0.29, 0.717) is 12.1 Å². The third-order valence-electron chi connectivity index (χ3n) is 3.51. The van der Waals surface area contributed by atoms with E-state index in [1.165, 1.54) is 17.5 Å². The van der Waals surface area contributed by atoms with Gasteiger partial charge in [0.25, 0.3) is 0 Å². The van der Waals surface area contributed by atoms with Crippen LogP contribution >= 0.6 is 11.6 Å². The first-order valence-corrected chi connectivity index (χ1v) is 6.58. The van der Waals surface area contributed by atoms with Crippen LogP contribution in [0.25, 0.3) is 0 Å². The Hall–Kier alpha value is -0.570. The third-order valence-corrected chi connectivity index (χ3v) is 3.86. The van der Waals surface area contributed by atoms with E-state index < -0.39 is 0 Å². The monoisotopic (exact) mass is 253 g/mol. The van der Waals surface area contributed by atoms with Gasteiger partial charge in [-0.1, -0.05) is 23.7 Å². The lowest BCUT2D eigenvalue weighted by atomic mass is 10.1. The fourth-order valence-electron chi connectivity index (χ4n) is 2.39. The van der Waals surface area contributed by atoms with E-state index in [-0.39, 0.29) is 0 Å². The van der Waals surface area contributed by atoms with Crippen molar-refractivity contribution >= 4 is 11.6 Å². The minimum absolute atomic E-state index is 0.431. The SMILES string of the molecule is COC1CCC(NCc2ccc(C)cc2Cl)C1. The molecule has 94 valence electrons. The van der Waals surface area contributed by atoms with Crippen molar-refractivity contribution in [2.24, 2.45) is 0 Å². The van der Waals surface area contributed by atoms with E-state index in [2.05, 4.69) is 24.4 Å². The van der Waals surface area contributed by atoms with Gasteiger partial charge >= 0.3 is 0 Å². The van der Waals surface area contributed by atoms with Crippen LogP contribution in [0.15, 0.2) is 18.2 Å². The van der Waals surface area contributed by atoms with Crippen LogP contribution in [0.5, 0.6) is 0 Å². The highest BCUT2D eigenvalue weighted by molar-refractivity contribution is 6.31. The summed E-state index contributed by atoms with van der Waals surface area (Å²) < 4.78 is 5.37. The number of hydrogen-bond donors (Lipinski definition) is 1. The van der Waals surface area contributed by atoms with Crippen LogP contribution < -0.4 is 5.32 Å². The number of hydrogen-bond acceptors (Lipinski definition) is 2. The molecular weight excluding hydrogens is 234 g/mol. The molecule has 0 saturated heterocycles. The highest BCUT2D eigenvalue weighted by Gasteiger charge is 2.23. The van der Waals surface area contributed by atoms with Gasteiger partial charge in [-0.05, 0) is 43.4 Å². The van der Waals surface area contributed by atoms with Crippen LogP contribution in [-0.4, -0.2) is 19.3 Å². The van der Waals surface area contributed by atoms with Gasteiger partial charge in [0.05, 0.1) is 6.10 Å². The molecule has 1 fully saturated rings. The molecule has 1 aromatic rings. The molecule has 1 N–H and O–H groups in total. The Morgan fingerprint density at radius 3 is 2.88 bits per heavy atom. The quantitative estimate of drug-likeness (QED) is 0.889. The Kier molecular flexibility index (Phi) is 4.43. The maximum Gasteiger partial charge on any atom is 0.0586 e. The van der Waals surface area contributed by atoms with Crippen molar-refractivity contribution in [2.75, 3.05) is 7.11 Å². The van der Waals surface area contributed by atoms with Crippen LogP contribution in [0.1, 0.15) is 30.4 Å². The summed E-state index contributed by atoms with van der Waals surface area (Å²) >= 11 is 6.21. The zero-order chi connectivity index (χ0) is 12.3. The normalized spacial score (nSPS) is 24.2. The third kappa shape index (κ3) is 3.44. The van der Waals surface area contributed by atoms with Gasteiger partial charge in [0.1, 0.15) is 0 Å². The highest BCUT2D eigenvalue weighted by Crippen LogP contribution is 2.23. The van der Waals surface area contributed by atoms with Gasteiger partial charge in [0.15, 0.2) is 0 Å². The molecule has 0 aromatic heterocycles. The molecule has 1 saturated carbocycles. The summed E-state index contributed by atoms with van der Waals surface area (Å²) in [5.74, 6) is 0. The molecule has 3 heteroatoms. The lowest BCUT2D eigenvalue weighted by Gasteiger charge is -2.13.